The summed E-state index contributed by atoms with van der Waals surface area (Å²) in [5, 5.41) is 0. The quantitative estimate of drug-likeness (QED) is 0.449. The lowest BCUT2D eigenvalue weighted by Gasteiger charge is -2.27. The fraction of sp³-hybridized carbons (Fsp3) is 0.429. The molecule has 0 radical (unpaired) electrons. The highest BCUT2D eigenvalue weighted by Crippen LogP contribution is 2.38. The van der Waals surface area contributed by atoms with Gasteiger partial charge in [0.05, 0.1) is 24.8 Å². The number of ether oxygens (including phenoxy) is 1. The van der Waals surface area contributed by atoms with Crippen molar-refractivity contribution >= 4 is 25.5 Å². The van der Waals surface area contributed by atoms with Gasteiger partial charge >= 0.3 is 0 Å². The number of carbonyl (C=O) groups is 2. The van der Waals surface area contributed by atoms with Gasteiger partial charge in [-0.1, -0.05) is 46.3 Å². The Balaban J connectivity index is 2.70. The van der Waals surface area contributed by atoms with Crippen LogP contribution >= 0.6 is 0 Å². The third kappa shape index (κ3) is 4.64. The number of amides is 1. The lowest BCUT2D eigenvalue weighted by molar-refractivity contribution is -0.124. The van der Waals surface area contributed by atoms with Crippen LogP contribution in [0.15, 0.2) is 24.4 Å². The van der Waals surface area contributed by atoms with Gasteiger partial charge in [0.15, 0.2) is 5.78 Å². The zero-order valence-corrected chi connectivity index (χ0v) is 17.7. The molecule has 0 saturated heterocycles. The normalized spacial score (nSPS) is 15.0. The molecule has 1 amide bonds. The van der Waals surface area contributed by atoms with E-state index in [1.807, 2.05) is 12.1 Å². The maximum absolute atomic E-state index is 12.3. The molecule has 0 bridgehead atoms. The smallest absolute Gasteiger partial charge is 0.238 e. The Bertz CT molecular complexity index is 830. The standard InChI is InChI=1S/C21H27NO3Si/c1-21(2,3)18-13-16(22-10-8-17(23)14-19(22)24)12-15(20(18)25-4)9-11-26(5,6)7/h8,10,12-13H,14H2,1-7H3. The van der Waals surface area contributed by atoms with Gasteiger partial charge in [0, 0.05) is 11.8 Å². The summed E-state index contributed by atoms with van der Waals surface area (Å²) >= 11 is 0. The lowest BCUT2D eigenvalue weighted by atomic mass is 9.84. The van der Waals surface area contributed by atoms with Gasteiger partial charge in [0.2, 0.25) is 5.91 Å². The summed E-state index contributed by atoms with van der Waals surface area (Å²) in [5.41, 5.74) is 5.66. The van der Waals surface area contributed by atoms with Crippen molar-refractivity contribution < 1.29 is 14.3 Å². The molecule has 0 saturated carbocycles. The fourth-order valence-electron chi connectivity index (χ4n) is 2.64. The molecule has 0 fully saturated rings. The summed E-state index contributed by atoms with van der Waals surface area (Å²) in [5.74, 6) is 3.62. The molecule has 0 aromatic heterocycles. The highest BCUT2D eigenvalue weighted by molar-refractivity contribution is 6.83. The molecule has 138 valence electrons. The average molecular weight is 370 g/mol. The number of allylic oxidation sites excluding steroid dienone is 1. The van der Waals surface area contributed by atoms with E-state index in [-0.39, 0.29) is 23.5 Å². The van der Waals surface area contributed by atoms with E-state index in [1.165, 1.54) is 17.2 Å². The Morgan fingerprint density at radius 2 is 1.81 bits per heavy atom. The van der Waals surface area contributed by atoms with Gasteiger partial charge in [-0.15, -0.1) is 5.54 Å². The zero-order chi connectivity index (χ0) is 19.7. The summed E-state index contributed by atoms with van der Waals surface area (Å²) in [6.45, 7) is 12.8. The number of carbonyl (C=O) groups excluding carboxylic acids is 2. The maximum Gasteiger partial charge on any atom is 0.238 e. The van der Waals surface area contributed by atoms with Crippen molar-refractivity contribution in [3.63, 3.8) is 0 Å². The van der Waals surface area contributed by atoms with Crippen molar-refractivity contribution in [2.75, 3.05) is 12.0 Å². The topological polar surface area (TPSA) is 46.6 Å². The van der Waals surface area contributed by atoms with E-state index in [2.05, 4.69) is 51.9 Å². The van der Waals surface area contributed by atoms with Crippen molar-refractivity contribution in [3.8, 4) is 17.2 Å². The zero-order valence-electron chi connectivity index (χ0n) is 16.7. The van der Waals surface area contributed by atoms with Gasteiger partial charge in [-0.25, -0.2) is 0 Å². The van der Waals surface area contributed by atoms with Crippen molar-refractivity contribution in [2.45, 2.75) is 52.2 Å². The van der Waals surface area contributed by atoms with Gasteiger partial charge < -0.3 is 4.74 Å². The van der Waals surface area contributed by atoms with Gasteiger partial charge in [-0.05, 0) is 23.6 Å². The van der Waals surface area contributed by atoms with Gasteiger partial charge in [-0.3, -0.25) is 14.5 Å². The molecule has 1 aliphatic heterocycles. The van der Waals surface area contributed by atoms with Crippen LogP contribution in [0.1, 0.15) is 38.3 Å². The number of ketones is 1. The molecule has 2 rings (SSSR count). The van der Waals surface area contributed by atoms with Crippen molar-refractivity contribution in [2.24, 2.45) is 0 Å². The Hall–Kier alpha value is -2.32. The van der Waals surface area contributed by atoms with Crippen LogP contribution in [0.25, 0.3) is 0 Å². The van der Waals surface area contributed by atoms with Crippen LogP contribution in [0.4, 0.5) is 5.69 Å². The van der Waals surface area contributed by atoms with Crippen LogP contribution in [-0.4, -0.2) is 26.9 Å². The Labute approximate surface area is 157 Å². The molecule has 1 heterocycles. The SMILES string of the molecule is COc1c(C#C[Si](C)(C)C)cc(N2C=CC(=O)CC2=O)cc1C(C)(C)C. The number of methoxy groups -OCH3 is 1. The van der Waals surface area contributed by atoms with E-state index in [4.69, 9.17) is 4.74 Å². The first-order chi connectivity index (χ1) is 11.9. The summed E-state index contributed by atoms with van der Waals surface area (Å²) in [6.07, 6.45) is 2.87. The van der Waals surface area contributed by atoms with Crippen LogP contribution < -0.4 is 9.64 Å². The lowest BCUT2D eigenvalue weighted by Crippen LogP contribution is -2.31. The number of anilines is 1. The number of benzene rings is 1. The number of nitrogens with zero attached hydrogens (tertiary/aromatic N) is 1. The number of hydrogen-bond acceptors (Lipinski definition) is 3. The molecular weight excluding hydrogens is 342 g/mol. The average Bonchev–Trinajstić information content (AvgIpc) is 2.50. The van der Waals surface area contributed by atoms with Crippen LogP contribution in [-0.2, 0) is 15.0 Å². The Kier molecular flexibility index (Phi) is 5.48. The molecular formula is C21H27NO3Si. The molecule has 26 heavy (non-hydrogen) atoms. The van der Waals surface area contributed by atoms with Crippen LogP contribution in [0.3, 0.4) is 0 Å². The second-order valence-corrected chi connectivity index (χ2v) is 13.3. The largest absolute Gasteiger partial charge is 0.495 e. The van der Waals surface area contributed by atoms with Crippen LogP contribution in [0.2, 0.25) is 19.6 Å². The van der Waals surface area contributed by atoms with E-state index in [0.29, 0.717) is 5.69 Å². The fourth-order valence-corrected chi connectivity index (χ4v) is 3.15. The van der Waals surface area contributed by atoms with E-state index in [1.54, 1.807) is 7.11 Å². The van der Waals surface area contributed by atoms with Crippen molar-refractivity contribution in [3.05, 3.63) is 35.5 Å². The molecule has 1 aromatic rings. The summed E-state index contributed by atoms with van der Waals surface area (Å²) in [4.78, 5) is 25.4. The van der Waals surface area contributed by atoms with E-state index >= 15 is 0 Å². The highest BCUT2D eigenvalue weighted by atomic mass is 28.3. The van der Waals surface area contributed by atoms with E-state index in [9.17, 15) is 9.59 Å². The molecule has 0 unspecified atom stereocenters. The molecule has 4 nitrogen and oxygen atoms in total. The highest BCUT2D eigenvalue weighted by Gasteiger charge is 2.26. The molecule has 0 aliphatic carbocycles. The summed E-state index contributed by atoms with van der Waals surface area (Å²) < 4.78 is 5.69. The van der Waals surface area contributed by atoms with Crippen molar-refractivity contribution in [1.29, 1.82) is 0 Å². The Morgan fingerprint density at radius 3 is 2.31 bits per heavy atom. The summed E-state index contributed by atoms with van der Waals surface area (Å²) in [7, 11) is 0.0730. The first-order valence-corrected chi connectivity index (χ1v) is 12.2. The first kappa shape index (κ1) is 20.0. The Morgan fingerprint density at radius 1 is 1.15 bits per heavy atom. The van der Waals surface area contributed by atoms with Crippen LogP contribution in [0.5, 0.6) is 5.75 Å². The minimum atomic E-state index is -1.57. The van der Waals surface area contributed by atoms with E-state index in [0.717, 1.165) is 16.9 Å². The predicted molar refractivity (Wildman–Crippen MR) is 108 cm³/mol. The van der Waals surface area contributed by atoms with E-state index < -0.39 is 8.07 Å². The van der Waals surface area contributed by atoms with Gasteiger partial charge in [0.25, 0.3) is 0 Å². The van der Waals surface area contributed by atoms with Gasteiger partial charge in [-0.2, -0.15) is 0 Å². The number of rotatable bonds is 2. The summed E-state index contributed by atoms with van der Waals surface area (Å²) in [6, 6.07) is 3.83. The molecule has 0 N–H and O–H groups in total. The minimum absolute atomic E-state index is 0.108. The third-order valence-corrected chi connectivity index (χ3v) is 4.81. The first-order valence-electron chi connectivity index (χ1n) is 8.71. The van der Waals surface area contributed by atoms with Crippen LogP contribution in [0, 0.1) is 11.5 Å². The maximum atomic E-state index is 12.3. The van der Waals surface area contributed by atoms with Gasteiger partial charge in [0.1, 0.15) is 13.8 Å². The molecule has 5 heteroatoms. The minimum Gasteiger partial charge on any atom is -0.495 e. The predicted octanol–water partition coefficient (Wildman–Crippen LogP) is 4.04. The molecule has 0 atom stereocenters. The number of hydrogen-bond donors (Lipinski definition) is 0. The second kappa shape index (κ2) is 7.12. The van der Waals surface area contributed by atoms with Crippen molar-refractivity contribution in [1.82, 2.24) is 0 Å². The second-order valence-electron chi connectivity index (χ2n) is 8.55. The monoisotopic (exact) mass is 369 g/mol. The molecule has 1 aliphatic rings. The molecule has 1 aromatic carbocycles. The molecule has 0 spiro atoms. The third-order valence-electron chi connectivity index (χ3n) is 3.94.